The van der Waals surface area contributed by atoms with Crippen LogP contribution in [-0.4, -0.2) is 31.6 Å². The van der Waals surface area contributed by atoms with Crippen LogP contribution in [0.4, 0.5) is 11.4 Å². The van der Waals surface area contributed by atoms with Crippen LogP contribution < -0.4 is 10.2 Å². The molecule has 1 fully saturated rings. The molecule has 1 saturated heterocycles. The molecule has 6 heteroatoms. The lowest BCUT2D eigenvalue weighted by atomic mass is 10.1. The minimum absolute atomic E-state index is 0.130. The summed E-state index contributed by atoms with van der Waals surface area (Å²) in [6.07, 6.45) is 2.18. The molecule has 110 valence electrons. The predicted molar refractivity (Wildman–Crippen MR) is 77.9 cm³/mol. The number of carbonyl (C=O) groups is 2. The maximum Gasteiger partial charge on any atom is 0.397 e. The molecule has 1 aliphatic heterocycles. The molecule has 1 aromatic carbocycles. The lowest BCUT2D eigenvalue weighted by Gasteiger charge is -2.20. The number of rotatable bonds is 3. The molecule has 0 atom stereocenters. The van der Waals surface area contributed by atoms with E-state index in [1.165, 1.54) is 0 Å². The molecule has 2 rings (SSSR count). The van der Waals surface area contributed by atoms with Gasteiger partial charge >= 0.3 is 11.9 Å². The average Bonchev–Trinajstić information content (AvgIpc) is 3.01. The van der Waals surface area contributed by atoms with Crippen molar-refractivity contribution in [3.05, 3.63) is 23.8 Å². The zero-order chi connectivity index (χ0) is 15.2. The maximum atomic E-state index is 11.7. The molecule has 1 aliphatic rings. The molecule has 0 aromatic heterocycles. The van der Waals surface area contributed by atoms with Crippen molar-refractivity contribution in [2.45, 2.75) is 19.8 Å². The van der Waals surface area contributed by atoms with E-state index in [1.807, 2.05) is 6.07 Å². The van der Waals surface area contributed by atoms with Crippen LogP contribution in [0.2, 0.25) is 0 Å². The van der Waals surface area contributed by atoms with Crippen LogP contribution in [0.15, 0.2) is 18.2 Å². The van der Waals surface area contributed by atoms with Gasteiger partial charge in [0.25, 0.3) is 0 Å². The van der Waals surface area contributed by atoms with Crippen LogP contribution in [0.3, 0.4) is 0 Å². The fourth-order valence-electron chi connectivity index (χ4n) is 2.35. The minimum Gasteiger partial charge on any atom is -0.459 e. The summed E-state index contributed by atoms with van der Waals surface area (Å²) in [6.45, 7) is 3.54. The highest BCUT2D eigenvalue weighted by atomic mass is 16.5. The molecule has 1 amide bonds. The Morgan fingerprint density at radius 3 is 2.71 bits per heavy atom. The van der Waals surface area contributed by atoms with Gasteiger partial charge in [-0.3, -0.25) is 4.79 Å². The highest BCUT2D eigenvalue weighted by Crippen LogP contribution is 2.29. The fraction of sp³-hybridized carbons (Fsp3) is 0.400. The first-order chi connectivity index (χ1) is 10.2. The van der Waals surface area contributed by atoms with Gasteiger partial charge in [-0.2, -0.15) is 5.26 Å². The van der Waals surface area contributed by atoms with Crippen molar-refractivity contribution in [3.63, 3.8) is 0 Å². The molecule has 0 radical (unpaired) electrons. The van der Waals surface area contributed by atoms with Crippen molar-refractivity contribution in [1.82, 2.24) is 0 Å². The van der Waals surface area contributed by atoms with Crippen molar-refractivity contribution < 1.29 is 14.3 Å². The van der Waals surface area contributed by atoms with Gasteiger partial charge in [0, 0.05) is 13.1 Å². The second-order valence-corrected chi connectivity index (χ2v) is 4.68. The van der Waals surface area contributed by atoms with Gasteiger partial charge in [-0.25, -0.2) is 4.79 Å². The molecule has 0 aliphatic carbocycles. The Labute approximate surface area is 123 Å². The number of esters is 1. The van der Waals surface area contributed by atoms with E-state index < -0.39 is 11.9 Å². The van der Waals surface area contributed by atoms with E-state index in [9.17, 15) is 14.9 Å². The number of nitrogens with one attached hydrogen (secondary N) is 1. The van der Waals surface area contributed by atoms with E-state index in [2.05, 4.69) is 21.0 Å². The third kappa shape index (κ3) is 3.31. The smallest absolute Gasteiger partial charge is 0.397 e. The van der Waals surface area contributed by atoms with Gasteiger partial charge in [0.15, 0.2) is 0 Å². The van der Waals surface area contributed by atoms with Crippen LogP contribution >= 0.6 is 0 Å². The number of amides is 1. The molecule has 1 N–H and O–H groups in total. The third-order valence-electron chi connectivity index (χ3n) is 3.31. The Bertz CT molecular complexity index is 586. The van der Waals surface area contributed by atoms with Crippen LogP contribution in [0, 0.1) is 11.3 Å². The van der Waals surface area contributed by atoms with Gasteiger partial charge in [-0.05, 0) is 31.9 Å². The number of anilines is 2. The molecule has 21 heavy (non-hydrogen) atoms. The summed E-state index contributed by atoms with van der Waals surface area (Å²) in [7, 11) is 0. The van der Waals surface area contributed by atoms with E-state index in [0.717, 1.165) is 31.6 Å². The number of benzene rings is 1. The average molecular weight is 287 g/mol. The second-order valence-electron chi connectivity index (χ2n) is 4.68. The summed E-state index contributed by atoms with van der Waals surface area (Å²) >= 11 is 0. The SMILES string of the molecule is CCOC(=O)C(=O)Nc1cccc(N2CCCC2)c1C#N. The first-order valence-electron chi connectivity index (χ1n) is 6.93. The lowest BCUT2D eigenvalue weighted by molar-refractivity contribution is -0.152. The third-order valence-corrected chi connectivity index (χ3v) is 3.31. The first kappa shape index (κ1) is 14.9. The van der Waals surface area contributed by atoms with Crippen LogP contribution in [0.5, 0.6) is 0 Å². The fourth-order valence-corrected chi connectivity index (χ4v) is 2.35. The van der Waals surface area contributed by atoms with E-state index in [-0.39, 0.29) is 6.61 Å². The summed E-state index contributed by atoms with van der Waals surface area (Å²) < 4.78 is 4.64. The van der Waals surface area contributed by atoms with Crippen molar-refractivity contribution in [2.24, 2.45) is 0 Å². The molecule has 1 heterocycles. The number of hydrogen-bond acceptors (Lipinski definition) is 5. The number of ether oxygens (including phenoxy) is 1. The number of carbonyl (C=O) groups excluding carboxylic acids is 2. The monoisotopic (exact) mass is 287 g/mol. The Balaban J connectivity index is 2.24. The van der Waals surface area contributed by atoms with Gasteiger partial charge in [-0.15, -0.1) is 0 Å². The van der Waals surface area contributed by atoms with Crippen molar-refractivity contribution in [2.75, 3.05) is 29.9 Å². The Morgan fingerprint density at radius 2 is 2.10 bits per heavy atom. The Kier molecular flexibility index (Phi) is 4.77. The van der Waals surface area contributed by atoms with Crippen molar-refractivity contribution >= 4 is 23.3 Å². The topological polar surface area (TPSA) is 82.4 Å². The number of hydrogen-bond donors (Lipinski definition) is 1. The largest absolute Gasteiger partial charge is 0.459 e. The highest BCUT2D eigenvalue weighted by molar-refractivity contribution is 6.37. The zero-order valence-electron chi connectivity index (χ0n) is 11.9. The normalized spacial score (nSPS) is 13.6. The molecule has 1 aromatic rings. The van der Waals surface area contributed by atoms with Gasteiger partial charge in [0.05, 0.1) is 23.5 Å². The van der Waals surface area contributed by atoms with Gasteiger partial charge in [0.1, 0.15) is 6.07 Å². The predicted octanol–water partition coefficient (Wildman–Crippen LogP) is 1.66. The van der Waals surface area contributed by atoms with Crippen molar-refractivity contribution in [3.8, 4) is 6.07 Å². The Hall–Kier alpha value is -2.55. The number of nitriles is 1. The van der Waals surface area contributed by atoms with Gasteiger partial charge < -0.3 is 15.0 Å². The van der Waals surface area contributed by atoms with Crippen LogP contribution in [0.25, 0.3) is 0 Å². The summed E-state index contributed by atoms with van der Waals surface area (Å²) in [5.41, 5.74) is 1.49. The second kappa shape index (κ2) is 6.75. The van der Waals surface area contributed by atoms with E-state index >= 15 is 0 Å². The maximum absolute atomic E-state index is 11.7. The molecule has 0 spiro atoms. The molecule has 0 saturated carbocycles. The quantitative estimate of drug-likeness (QED) is 0.675. The van der Waals surface area contributed by atoms with Crippen LogP contribution in [0.1, 0.15) is 25.3 Å². The van der Waals surface area contributed by atoms with Gasteiger partial charge in [0.2, 0.25) is 0 Å². The van der Waals surface area contributed by atoms with E-state index in [4.69, 9.17) is 0 Å². The van der Waals surface area contributed by atoms with E-state index in [0.29, 0.717) is 11.3 Å². The zero-order valence-corrected chi connectivity index (χ0v) is 11.9. The lowest BCUT2D eigenvalue weighted by Crippen LogP contribution is -2.26. The molecule has 6 nitrogen and oxygen atoms in total. The molecular formula is C15H17N3O3. The summed E-state index contributed by atoms with van der Waals surface area (Å²) in [6, 6.07) is 7.33. The summed E-state index contributed by atoms with van der Waals surface area (Å²) in [5.74, 6) is -1.82. The highest BCUT2D eigenvalue weighted by Gasteiger charge is 2.21. The van der Waals surface area contributed by atoms with Gasteiger partial charge in [-0.1, -0.05) is 6.07 Å². The Morgan fingerprint density at radius 1 is 1.38 bits per heavy atom. The molecular weight excluding hydrogens is 270 g/mol. The van der Waals surface area contributed by atoms with E-state index in [1.54, 1.807) is 19.1 Å². The summed E-state index contributed by atoms with van der Waals surface area (Å²) in [4.78, 5) is 25.2. The standard InChI is InChI=1S/C15H17N3O3/c1-2-21-15(20)14(19)17-12-6-5-7-13(11(12)10-16)18-8-3-4-9-18/h5-7H,2-4,8-9H2,1H3,(H,17,19). The van der Waals surface area contributed by atoms with Crippen molar-refractivity contribution in [1.29, 1.82) is 5.26 Å². The summed E-state index contributed by atoms with van der Waals surface area (Å²) in [5, 5.41) is 11.8. The first-order valence-corrected chi connectivity index (χ1v) is 6.93. The molecule has 0 bridgehead atoms. The molecule has 0 unspecified atom stereocenters. The minimum atomic E-state index is -0.951. The number of nitrogens with zero attached hydrogens (tertiary/aromatic N) is 2. The van der Waals surface area contributed by atoms with Crippen LogP contribution in [-0.2, 0) is 14.3 Å².